The van der Waals surface area contributed by atoms with E-state index in [1.54, 1.807) is 38.5 Å². The minimum Gasteiger partial charge on any atom is -0.497 e. The van der Waals surface area contributed by atoms with Gasteiger partial charge in [-0.3, -0.25) is 4.90 Å². The minimum absolute atomic E-state index is 0.00377. The van der Waals surface area contributed by atoms with Crippen molar-refractivity contribution in [2.75, 3.05) is 41.0 Å². The molecule has 1 heterocycles. The van der Waals surface area contributed by atoms with E-state index < -0.39 is 75.8 Å². The third-order valence-corrected chi connectivity index (χ3v) is 12.8. The van der Waals surface area contributed by atoms with Crippen LogP contribution in [0.1, 0.15) is 43.0 Å². The molecule has 1 unspecified atom stereocenters. The fourth-order valence-corrected chi connectivity index (χ4v) is 11.4. The number of hydrogen-bond acceptors (Lipinski definition) is 11. The number of ether oxygens (including phenoxy) is 4. The highest BCUT2D eigenvalue weighted by molar-refractivity contribution is 5.89. The Morgan fingerprint density at radius 1 is 0.976 bits per heavy atom. The van der Waals surface area contributed by atoms with Crippen molar-refractivity contribution in [3.8, 4) is 5.75 Å². The van der Waals surface area contributed by atoms with Crippen LogP contribution in [-0.2, 0) is 14.2 Å². The lowest BCUT2D eigenvalue weighted by atomic mass is 9.41. The second kappa shape index (κ2) is 9.10. The van der Waals surface area contributed by atoms with Crippen LogP contribution in [0.15, 0.2) is 24.3 Å². The molecule has 1 aromatic rings. The maximum Gasteiger partial charge on any atom is 0.338 e. The van der Waals surface area contributed by atoms with Gasteiger partial charge in [-0.25, -0.2) is 4.79 Å². The van der Waals surface area contributed by atoms with Crippen molar-refractivity contribution in [2.45, 2.75) is 79.9 Å². The zero-order valence-corrected chi connectivity index (χ0v) is 24.6. The minimum atomic E-state index is -1.84. The Balaban J connectivity index is 1.40. The molecule has 7 rings (SSSR count). The van der Waals surface area contributed by atoms with Crippen LogP contribution in [-0.4, -0.2) is 125 Å². The SMILES string of the molecule is CCN1C[C@]2(COC)[C@H](O)C[C@H](OC)[C@]34C1[C@H](C[C@]23O)[C@@]1(O)C[C@H](O)[C@@]2(O)C[C@@H]4[C@@H]1[C@H]2OC(=O)c1ccc(OC)cc1. The normalized spacial score (nSPS) is 51.8. The highest BCUT2D eigenvalue weighted by Gasteiger charge is 2.91. The van der Waals surface area contributed by atoms with Crippen molar-refractivity contribution in [2.24, 2.45) is 28.6 Å². The van der Waals surface area contributed by atoms with Gasteiger partial charge >= 0.3 is 5.97 Å². The number of benzene rings is 1. The van der Waals surface area contributed by atoms with Gasteiger partial charge in [0.25, 0.3) is 0 Å². The number of carbonyl (C=O) groups excluding carboxylic acids is 1. The number of nitrogens with zero attached hydrogens (tertiary/aromatic N) is 1. The summed E-state index contributed by atoms with van der Waals surface area (Å²) in [5.41, 5.74) is -6.76. The number of likely N-dealkylation sites (tertiary alicyclic amines) is 1. The summed E-state index contributed by atoms with van der Waals surface area (Å²) in [6.07, 6.45) is -3.80. The van der Waals surface area contributed by atoms with E-state index in [0.717, 1.165) is 0 Å². The van der Waals surface area contributed by atoms with E-state index in [1.807, 2.05) is 6.92 Å². The molecule has 1 aromatic carbocycles. The molecule has 5 N–H and O–H groups in total. The van der Waals surface area contributed by atoms with Crippen LogP contribution in [0, 0.1) is 28.6 Å². The van der Waals surface area contributed by atoms with E-state index in [9.17, 15) is 30.3 Å². The first-order valence-corrected chi connectivity index (χ1v) is 15.1. The first-order chi connectivity index (χ1) is 19.9. The van der Waals surface area contributed by atoms with Crippen LogP contribution in [0.25, 0.3) is 0 Å². The first-order valence-electron chi connectivity index (χ1n) is 15.1. The average Bonchev–Trinajstić information content (AvgIpc) is 3.34. The van der Waals surface area contributed by atoms with Gasteiger partial charge < -0.3 is 44.5 Å². The van der Waals surface area contributed by atoms with Crippen molar-refractivity contribution in [3.63, 3.8) is 0 Å². The smallest absolute Gasteiger partial charge is 0.338 e. The Morgan fingerprint density at radius 2 is 1.69 bits per heavy atom. The fourth-order valence-electron chi connectivity index (χ4n) is 11.4. The van der Waals surface area contributed by atoms with Crippen LogP contribution in [0.4, 0.5) is 0 Å². The van der Waals surface area contributed by atoms with Crippen LogP contribution < -0.4 is 4.74 Å². The standard InChI is InChI=1S/C31H43NO10/c1-5-32-14-27(15-39-2)20(33)10-22(41-4)31-18-11-29(37)21(34)13-28(36,19(24(31)32)12-30(27,31)38)23(18)25(29)42-26(35)16-6-8-17(40-3)9-7-16/h6-9,18-25,33-34,36-38H,5,10-15H2,1-4H3/t18-,19+,20-,21+,22+,23-,24?,25-,27+,28+,29+,30+,31-/m1/s1. The second-order valence-electron chi connectivity index (χ2n) is 13.8. The van der Waals surface area contributed by atoms with E-state index in [-0.39, 0.29) is 43.9 Å². The highest BCUT2D eigenvalue weighted by atomic mass is 16.6. The van der Waals surface area contributed by atoms with Gasteiger partial charge in [-0.05, 0) is 49.6 Å². The number of aliphatic hydroxyl groups is 5. The van der Waals surface area contributed by atoms with Crippen LogP contribution in [0.2, 0.25) is 0 Å². The van der Waals surface area contributed by atoms with Crippen LogP contribution in [0.5, 0.6) is 5.75 Å². The summed E-state index contributed by atoms with van der Waals surface area (Å²) < 4.78 is 23.1. The number of esters is 1. The third-order valence-electron chi connectivity index (χ3n) is 12.8. The van der Waals surface area contributed by atoms with Gasteiger partial charge in [-0.1, -0.05) is 6.92 Å². The number of piperidine rings is 1. The summed E-state index contributed by atoms with van der Waals surface area (Å²) in [6, 6.07) is 6.07. The maximum atomic E-state index is 13.5. The van der Waals surface area contributed by atoms with Gasteiger partial charge in [0.2, 0.25) is 0 Å². The van der Waals surface area contributed by atoms with E-state index >= 15 is 0 Å². The molecule has 0 amide bonds. The molecule has 11 nitrogen and oxygen atoms in total. The molecule has 6 fully saturated rings. The third kappa shape index (κ3) is 3.02. The number of hydrogen-bond donors (Lipinski definition) is 5. The number of aliphatic hydroxyl groups excluding tert-OH is 2. The monoisotopic (exact) mass is 589 g/mol. The quantitative estimate of drug-likeness (QED) is 0.272. The largest absolute Gasteiger partial charge is 0.497 e. The topological polar surface area (TPSA) is 158 Å². The van der Waals surface area contributed by atoms with E-state index in [1.165, 1.54) is 7.11 Å². The number of rotatable bonds is 7. The highest BCUT2D eigenvalue weighted by Crippen LogP contribution is 2.80. The number of fused-ring (bicyclic) bond motifs is 2. The number of methoxy groups -OCH3 is 3. The zero-order valence-electron chi connectivity index (χ0n) is 24.6. The Kier molecular flexibility index (Phi) is 6.27. The lowest BCUT2D eigenvalue weighted by molar-refractivity contribution is -0.345. The lowest BCUT2D eigenvalue weighted by Crippen LogP contribution is -2.84. The maximum absolute atomic E-state index is 13.5. The predicted octanol–water partition coefficient (Wildman–Crippen LogP) is -0.0490. The molecule has 5 saturated carbocycles. The summed E-state index contributed by atoms with van der Waals surface area (Å²) in [6.45, 7) is 3.11. The Morgan fingerprint density at radius 3 is 2.31 bits per heavy atom. The van der Waals surface area contributed by atoms with Crippen LogP contribution in [0.3, 0.4) is 0 Å². The van der Waals surface area contributed by atoms with Crippen molar-refractivity contribution >= 4 is 5.97 Å². The average molecular weight is 590 g/mol. The molecule has 232 valence electrons. The summed E-state index contributed by atoms with van der Waals surface area (Å²) in [5, 5.41) is 61.3. The summed E-state index contributed by atoms with van der Waals surface area (Å²) in [7, 11) is 4.66. The lowest BCUT2D eigenvalue weighted by Gasteiger charge is -2.72. The molecular weight excluding hydrogens is 546 g/mol. The van der Waals surface area contributed by atoms with Crippen molar-refractivity contribution in [1.29, 1.82) is 0 Å². The van der Waals surface area contributed by atoms with Gasteiger partial charge in [0.05, 0.1) is 54.2 Å². The molecular formula is C31H43NO10. The molecule has 0 aromatic heterocycles. The van der Waals surface area contributed by atoms with E-state index in [2.05, 4.69) is 4.90 Å². The molecule has 1 saturated heterocycles. The Hall–Kier alpha value is -1.83. The Labute approximate surface area is 245 Å². The van der Waals surface area contributed by atoms with E-state index in [4.69, 9.17) is 18.9 Å². The molecule has 1 spiro atoms. The van der Waals surface area contributed by atoms with Gasteiger partial charge in [0.1, 0.15) is 17.5 Å². The molecule has 1 aliphatic heterocycles. The summed E-state index contributed by atoms with van der Waals surface area (Å²) in [4.78, 5) is 15.7. The van der Waals surface area contributed by atoms with Crippen molar-refractivity contribution in [3.05, 3.63) is 29.8 Å². The van der Waals surface area contributed by atoms with Gasteiger partial charge in [-0.15, -0.1) is 0 Å². The molecule has 11 heteroatoms. The van der Waals surface area contributed by atoms with Gasteiger partial charge in [0, 0.05) is 56.9 Å². The first kappa shape index (κ1) is 28.9. The van der Waals surface area contributed by atoms with Gasteiger partial charge in [-0.2, -0.15) is 0 Å². The van der Waals surface area contributed by atoms with Gasteiger partial charge in [0.15, 0.2) is 0 Å². The van der Waals surface area contributed by atoms with Crippen molar-refractivity contribution in [1.82, 2.24) is 4.90 Å². The predicted molar refractivity (Wildman–Crippen MR) is 147 cm³/mol. The van der Waals surface area contributed by atoms with Crippen LogP contribution >= 0.6 is 0 Å². The molecule has 6 aliphatic rings. The molecule has 13 atom stereocenters. The summed E-state index contributed by atoms with van der Waals surface area (Å²) in [5.74, 6) is -2.00. The fraction of sp³-hybridized carbons (Fsp3) is 0.774. The Bertz CT molecular complexity index is 1260. The van der Waals surface area contributed by atoms with Crippen molar-refractivity contribution < 1.29 is 49.3 Å². The molecule has 42 heavy (non-hydrogen) atoms. The molecule has 0 radical (unpaired) electrons. The summed E-state index contributed by atoms with van der Waals surface area (Å²) >= 11 is 0. The molecule has 5 aliphatic carbocycles. The van der Waals surface area contributed by atoms with E-state index in [0.29, 0.717) is 18.8 Å². The molecule has 7 bridgehead atoms. The number of carbonyl (C=O) groups is 1. The zero-order chi connectivity index (χ0) is 30.0. The second-order valence-corrected chi connectivity index (χ2v) is 13.8.